The normalized spacial score (nSPS) is 37.4. The van der Waals surface area contributed by atoms with Crippen molar-refractivity contribution in [1.29, 1.82) is 0 Å². The number of Topliss-reactive ketones (excluding diaryl/α,β-unsaturated/α-hetero) is 1. The van der Waals surface area contributed by atoms with Gasteiger partial charge in [0.25, 0.3) is 0 Å². The lowest BCUT2D eigenvalue weighted by Gasteiger charge is -2.42. The maximum Gasteiger partial charge on any atom is 0.309 e. The minimum absolute atomic E-state index is 0.0436. The monoisotopic (exact) mass is 238 g/mol. The molecule has 0 aromatic heterocycles. The Morgan fingerprint density at radius 2 is 2.06 bits per heavy atom. The molecule has 96 valence electrons. The van der Waals surface area contributed by atoms with E-state index < -0.39 is 0 Å². The van der Waals surface area contributed by atoms with Crippen molar-refractivity contribution in [3.8, 4) is 0 Å². The van der Waals surface area contributed by atoms with Crippen molar-refractivity contribution >= 4 is 11.8 Å². The van der Waals surface area contributed by atoms with Crippen LogP contribution in [0.1, 0.15) is 46.0 Å². The van der Waals surface area contributed by atoms with Crippen molar-refractivity contribution in [2.45, 2.75) is 46.0 Å². The zero-order valence-electron chi connectivity index (χ0n) is 10.8. The van der Waals surface area contributed by atoms with Crippen molar-refractivity contribution in [2.24, 2.45) is 23.7 Å². The van der Waals surface area contributed by atoms with Crippen LogP contribution in [0.2, 0.25) is 0 Å². The minimum Gasteiger partial charge on any atom is -0.466 e. The molecule has 0 bridgehead atoms. The molecule has 0 aliphatic heterocycles. The van der Waals surface area contributed by atoms with Gasteiger partial charge in [-0.15, -0.1) is 0 Å². The third-order valence-corrected chi connectivity index (χ3v) is 4.39. The average molecular weight is 238 g/mol. The Balaban J connectivity index is 2.17. The quantitative estimate of drug-likeness (QED) is 0.694. The number of hydrogen-bond donors (Lipinski definition) is 0. The van der Waals surface area contributed by atoms with E-state index in [1.165, 1.54) is 0 Å². The van der Waals surface area contributed by atoms with Crippen molar-refractivity contribution in [3.05, 3.63) is 0 Å². The van der Waals surface area contributed by atoms with Gasteiger partial charge in [-0.3, -0.25) is 9.59 Å². The Morgan fingerprint density at radius 1 is 1.35 bits per heavy atom. The van der Waals surface area contributed by atoms with Gasteiger partial charge < -0.3 is 4.74 Å². The molecule has 0 radical (unpaired) electrons. The predicted molar refractivity (Wildman–Crippen MR) is 64.4 cm³/mol. The van der Waals surface area contributed by atoms with E-state index in [0.29, 0.717) is 18.8 Å². The zero-order chi connectivity index (χ0) is 12.4. The van der Waals surface area contributed by atoms with Gasteiger partial charge in [-0.1, -0.05) is 19.8 Å². The number of hydrogen-bond acceptors (Lipinski definition) is 3. The number of rotatable bonds is 2. The van der Waals surface area contributed by atoms with Crippen molar-refractivity contribution < 1.29 is 14.3 Å². The summed E-state index contributed by atoms with van der Waals surface area (Å²) in [5, 5.41) is 0. The van der Waals surface area contributed by atoms with E-state index in [2.05, 4.69) is 0 Å². The van der Waals surface area contributed by atoms with Gasteiger partial charge in [-0.2, -0.15) is 0 Å². The Labute approximate surface area is 103 Å². The Bertz CT molecular complexity index is 311. The van der Waals surface area contributed by atoms with Crippen LogP contribution in [0, 0.1) is 23.7 Å². The molecule has 0 spiro atoms. The maximum absolute atomic E-state index is 12.0. The molecule has 0 aromatic carbocycles. The summed E-state index contributed by atoms with van der Waals surface area (Å²) in [5.41, 5.74) is 0. The number of esters is 1. The highest BCUT2D eigenvalue weighted by Gasteiger charge is 2.46. The average Bonchev–Trinajstić information content (AvgIpc) is 2.29. The predicted octanol–water partition coefficient (Wildman–Crippen LogP) is 2.58. The lowest BCUT2D eigenvalue weighted by molar-refractivity contribution is -0.158. The molecule has 0 N–H and O–H groups in total. The molecule has 0 unspecified atom stereocenters. The van der Waals surface area contributed by atoms with Crippen LogP contribution in [-0.4, -0.2) is 18.4 Å². The van der Waals surface area contributed by atoms with Gasteiger partial charge in [0.2, 0.25) is 0 Å². The number of fused-ring (bicyclic) bond motifs is 1. The second-order valence-electron chi connectivity index (χ2n) is 5.48. The van der Waals surface area contributed by atoms with Crippen LogP contribution >= 0.6 is 0 Å². The van der Waals surface area contributed by atoms with Crippen LogP contribution in [-0.2, 0) is 14.3 Å². The smallest absolute Gasteiger partial charge is 0.309 e. The maximum atomic E-state index is 12.0. The lowest BCUT2D eigenvalue weighted by Crippen LogP contribution is -2.45. The topological polar surface area (TPSA) is 43.4 Å². The van der Waals surface area contributed by atoms with Crippen LogP contribution in [0.25, 0.3) is 0 Å². The molecular formula is C14H22O3. The van der Waals surface area contributed by atoms with Crippen LogP contribution in [0.15, 0.2) is 0 Å². The fourth-order valence-electron chi connectivity index (χ4n) is 3.65. The second-order valence-corrected chi connectivity index (χ2v) is 5.48. The van der Waals surface area contributed by atoms with Gasteiger partial charge in [0.1, 0.15) is 5.78 Å². The van der Waals surface area contributed by atoms with Crippen LogP contribution in [0.3, 0.4) is 0 Å². The first-order chi connectivity index (χ1) is 8.15. The number of carbonyl (C=O) groups excluding carboxylic acids is 2. The molecule has 0 saturated heterocycles. The van der Waals surface area contributed by atoms with Gasteiger partial charge in [0, 0.05) is 12.3 Å². The molecule has 2 aliphatic rings. The molecule has 4 atom stereocenters. The van der Waals surface area contributed by atoms with E-state index in [9.17, 15) is 9.59 Å². The highest BCUT2D eigenvalue weighted by atomic mass is 16.5. The van der Waals surface area contributed by atoms with E-state index in [1.807, 2.05) is 13.8 Å². The largest absolute Gasteiger partial charge is 0.466 e. The summed E-state index contributed by atoms with van der Waals surface area (Å²) >= 11 is 0. The molecule has 2 fully saturated rings. The Morgan fingerprint density at radius 3 is 2.76 bits per heavy atom. The molecule has 2 aliphatic carbocycles. The molecule has 0 aromatic rings. The Hall–Kier alpha value is -0.860. The lowest BCUT2D eigenvalue weighted by atomic mass is 9.61. The summed E-state index contributed by atoms with van der Waals surface area (Å²) in [6.07, 6.45) is 4.84. The van der Waals surface area contributed by atoms with Gasteiger partial charge in [0.05, 0.1) is 12.5 Å². The van der Waals surface area contributed by atoms with Crippen LogP contribution in [0.5, 0.6) is 0 Å². The summed E-state index contributed by atoms with van der Waals surface area (Å²) in [4.78, 5) is 24.0. The highest BCUT2D eigenvalue weighted by Crippen LogP contribution is 2.45. The van der Waals surface area contributed by atoms with E-state index >= 15 is 0 Å². The standard InChI is InChI=1S/C14H22O3/c1-3-17-14(16)13-9(2)8-12(15)10-6-4-5-7-11(10)13/h9-11,13H,3-8H2,1-2H3/t9-,10-,11-,13-/m1/s1. The van der Waals surface area contributed by atoms with E-state index in [4.69, 9.17) is 4.74 Å². The summed E-state index contributed by atoms with van der Waals surface area (Å²) in [7, 11) is 0. The second kappa shape index (κ2) is 5.19. The zero-order valence-corrected chi connectivity index (χ0v) is 10.8. The van der Waals surface area contributed by atoms with Crippen molar-refractivity contribution in [2.75, 3.05) is 6.61 Å². The van der Waals surface area contributed by atoms with E-state index in [-0.39, 0.29) is 29.6 Å². The highest BCUT2D eigenvalue weighted by molar-refractivity contribution is 5.85. The van der Waals surface area contributed by atoms with Gasteiger partial charge in [-0.05, 0) is 31.6 Å². The molecule has 0 amide bonds. The summed E-state index contributed by atoms with van der Waals surface area (Å²) in [6, 6.07) is 0. The fourth-order valence-corrected chi connectivity index (χ4v) is 3.65. The summed E-state index contributed by atoms with van der Waals surface area (Å²) < 4.78 is 5.19. The van der Waals surface area contributed by atoms with Gasteiger partial charge >= 0.3 is 5.97 Å². The van der Waals surface area contributed by atoms with E-state index in [1.54, 1.807) is 0 Å². The first-order valence-electron chi connectivity index (χ1n) is 6.84. The molecule has 17 heavy (non-hydrogen) atoms. The molecule has 0 heterocycles. The number of carbonyl (C=O) groups is 2. The number of ketones is 1. The molecule has 2 saturated carbocycles. The SMILES string of the molecule is CCOC(=O)[C@H]1[C@@H]2CCCC[C@H]2C(=O)C[C@H]1C. The van der Waals surface area contributed by atoms with Crippen molar-refractivity contribution in [3.63, 3.8) is 0 Å². The molecular weight excluding hydrogens is 216 g/mol. The van der Waals surface area contributed by atoms with Gasteiger partial charge in [0.15, 0.2) is 0 Å². The van der Waals surface area contributed by atoms with E-state index in [0.717, 1.165) is 25.7 Å². The molecule has 2 rings (SSSR count). The number of ether oxygens (including phenoxy) is 1. The van der Waals surface area contributed by atoms with Crippen LogP contribution < -0.4 is 0 Å². The third-order valence-electron chi connectivity index (χ3n) is 4.39. The first kappa shape index (κ1) is 12.6. The minimum atomic E-state index is -0.0793. The molecule has 3 nitrogen and oxygen atoms in total. The first-order valence-corrected chi connectivity index (χ1v) is 6.84. The Kier molecular flexibility index (Phi) is 3.85. The summed E-state index contributed by atoms with van der Waals surface area (Å²) in [6.45, 7) is 4.30. The third kappa shape index (κ3) is 2.38. The van der Waals surface area contributed by atoms with Gasteiger partial charge in [-0.25, -0.2) is 0 Å². The molecule has 3 heteroatoms. The van der Waals surface area contributed by atoms with Crippen molar-refractivity contribution in [1.82, 2.24) is 0 Å². The summed E-state index contributed by atoms with van der Waals surface area (Å²) in [5.74, 6) is 0.791. The van der Waals surface area contributed by atoms with Crippen LogP contribution in [0.4, 0.5) is 0 Å². The fraction of sp³-hybridized carbons (Fsp3) is 0.857.